The van der Waals surface area contributed by atoms with Crippen molar-refractivity contribution in [3.63, 3.8) is 0 Å². The van der Waals surface area contributed by atoms with E-state index in [2.05, 4.69) is 0 Å². The van der Waals surface area contributed by atoms with Gasteiger partial charge in [-0.1, -0.05) is 30.4 Å². The van der Waals surface area contributed by atoms with Crippen LogP contribution in [0.15, 0.2) is 47.4 Å². The molecule has 3 rings (SSSR count). The minimum Gasteiger partial charge on any atom is -0.351 e. The molecule has 0 aromatic heterocycles. The first-order chi connectivity index (χ1) is 10.1. The number of carbonyl (C=O) groups is 1. The van der Waals surface area contributed by atoms with Crippen molar-refractivity contribution in [2.75, 3.05) is 11.2 Å². The largest absolute Gasteiger partial charge is 0.351 e. The number of primary amides is 1. The summed E-state index contributed by atoms with van der Waals surface area (Å²) < 4.78 is 11.6. The monoisotopic (exact) mass is 298 g/mol. The lowest BCUT2D eigenvalue weighted by atomic mass is 10.1. The van der Waals surface area contributed by atoms with Crippen LogP contribution in [-0.2, 0) is 10.8 Å². The number of benzene rings is 2. The van der Waals surface area contributed by atoms with Crippen LogP contribution in [0.3, 0.4) is 0 Å². The molecular weight excluding hydrogens is 284 g/mol. The Morgan fingerprint density at radius 2 is 1.71 bits per heavy atom. The third kappa shape index (κ3) is 2.36. The second kappa shape index (κ2) is 5.18. The Morgan fingerprint density at radius 3 is 2.43 bits per heavy atom. The molecule has 4 nitrogen and oxygen atoms in total. The summed E-state index contributed by atoms with van der Waals surface area (Å²) in [4.78, 5) is 14.1. The van der Waals surface area contributed by atoms with E-state index in [4.69, 9.17) is 5.73 Å². The van der Waals surface area contributed by atoms with E-state index < -0.39 is 16.8 Å². The summed E-state index contributed by atoms with van der Waals surface area (Å²) in [5.41, 5.74) is 8.72. The Bertz CT molecular complexity index is 784. The fraction of sp³-hybridized carbons (Fsp3) is 0.0625. The van der Waals surface area contributed by atoms with Crippen molar-refractivity contribution >= 4 is 40.4 Å². The summed E-state index contributed by atoms with van der Waals surface area (Å²) >= 11 is 0. The molecule has 1 unspecified atom stereocenters. The van der Waals surface area contributed by atoms with E-state index in [1.165, 1.54) is 4.90 Å². The Kier molecular flexibility index (Phi) is 3.35. The number of hydrogen-bond donors (Lipinski definition) is 1. The van der Waals surface area contributed by atoms with E-state index >= 15 is 0 Å². The second-order valence-corrected chi connectivity index (χ2v) is 6.12. The van der Waals surface area contributed by atoms with Crippen LogP contribution in [0.25, 0.3) is 12.2 Å². The molecule has 0 bridgehead atoms. The smallest absolute Gasteiger partial charge is 0.323 e. The number of urea groups is 1. The Balaban J connectivity index is 2.26. The normalized spacial score (nSPS) is 14.0. The van der Waals surface area contributed by atoms with Gasteiger partial charge < -0.3 is 5.73 Å². The van der Waals surface area contributed by atoms with Crippen molar-refractivity contribution in [1.82, 2.24) is 0 Å². The molecule has 1 aliphatic rings. The predicted molar refractivity (Wildman–Crippen MR) is 85.9 cm³/mol. The van der Waals surface area contributed by atoms with E-state index in [-0.39, 0.29) is 0 Å². The molecular formula is C16H14N2O2S. The van der Waals surface area contributed by atoms with Crippen LogP contribution >= 0.6 is 0 Å². The number of anilines is 2. The van der Waals surface area contributed by atoms with Crippen molar-refractivity contribution in [3.05, 3.63) is 53.6 Å². The lowest BCUT2D eigenvalue weighted by Crippen LogP contribution is -2.32. The van der Waals surface area contributed by atoms with Crippen molar-refractivity contribution in [2.24, 2.45) is 5.73 Å². The van der Waals surface area contributed by atoms with Gasteiger partial charge in [0, 0.05) is 22.0 Å². The van der Waals surface area contributed by atoms with Gasteiger partial charge in [0.05, 0.1) is 11.4 Å². The molecule has 2 aromatic rings. The van der Waals surface area contributed by atoms with E-state index in [0.717, 1.165) is 16.8 Å². The molecule has 0 saturated heterocycles. The molecule has 1 heterocycles. The maximum absolute atomic E-state index is 11.9. The molecule has 2 amide bonds. The van der Waals surface area contributed by atoms with Crippen molar-refractivity contribution in [1.29, 1.82) is 0 Å². The average Bonchev–Trinajstić information content (AvgIpc) is 2.63. The summed E-state index contributed by atoms with van der Waals surface area (Å²) in [6.45, 7) is 0. The zero-order valence-electron chi connectivity index (χ0n) is 11.4. The van der Waals surface area contributed by atoms with Crippen LogP contribution in [0.5, 0.6) is 0 Å². The maximum Gasteiger partial charge on any atom is 0.323 e. The van der Waals surface area contributed by atoms with Crippen LogP contribution in [-0.4, -0.2) is 16.5 Å². The summed E-state index contributed by atoms with van der Waals surface area (Å²) in [6, 6.07) is 12.4. The van der Waals surface area contributed by atoms with Gasteiger partial charge in [-0.25, -0.2) is 4.79 Å². The first kappa shape index (κ1) is 13.6. The van der Waals surface area contributed by atoms with Crippen LogP contribution in [0, 0.1) is 0 Å². The molecule has 5 heteroatoms. The van der Waals surface area contributed by atoms with Gasteiger partial charge in [-0.15, -0.1) is 0 Å². The van der Waals surface area contributed by atoms with E-state index in [1.807, 2.05) is 42.5 Å². The zero-order chi connectivity index (χ0) is 15.0. The van der Waals surface area contributed by atoms with E-state index in [9.17, 15) is 9.00 Å². The van der Waals surface area contributed by atoms with Crippen LogP contribution in [0.2, 0.25) is 0 Å². The number of carbonyl (C=O) groups excluding carboxylic acids is 1. The Morgan fingerprint density at radius 1 is 1.05 bits per heavy atom. The molecule has 1 atom stereocenters. The number of nitrogens with two attached hydrogens (primary N) is 1. The quantitative estimate of drug-likeness (QED) is 0.879. The summed E-state index contributed by atoms with van der Waals surface area (Å²) in [6.07, 6.45) is 5.47. The van der Waals surface area contributed by atoms with Gasteiger partial charge in [-0.3, -0.25) is 9.11 Å². The number of para-hydroxylation sites is 1. The predicted octanol–water partition coefficient (Wildman–Crippen LogP) is 3.12. The number of nitrogens with zero attached hydrogens (tertiary/aromatic N) is 1. The molecule has 1 aliphatic heterocycles. The maximum atomic E-state index is 11.9. The highest BCUT2D eigenvalue weighted by atomic mass is 32.2. The molecule has 0 radical (unpaired) electrons. The average molecular weight is 298 g/mol. The van der Waals surface area contributed by atoms with Crippen molar-refractivity contribution in [3.8, 4) is 0 Å². The SMILES string of the molecule is CS(=O)c1ccc2c(c1)C=Cc1ccccc1N2C(N)=O. The van der Waals surface area contributed by atoms with E-state index in [1.54, 1.807) is 18.4 Å². The molecule has 0 spiro atoms. The van der Waals surface area contributed by atoms with Gasteiger partial charge in [-0.2, -0.15) is 0 Å². The third-order valence-corrected chi connectivity index (χ3v) is 4.33. The Hall–Kier alpha value is -2.40. The standard InChI is InChI=1S/C16H14N2O2S/c1-21(20)13-8-9-15-12(10-13)7-6-11-4-2-3-5-14(11)18(15)16(17)19/h2-10H,1H3,(H2,17,19). The van der Waals surface area contributed by atoms with Crippen LogP contribution in [0.4, 0.5) is 16.2 Å². The van der Waals surface area contributed by atoms with Gasteiger partial charge >= 0.3 is 6.03 Å². The molecule has 2 N–H and O–H groups in total. The van der Waals surface area contributed by atoms with Crippen molar-refractivity contribution < 1.29 is 9.00 Å². The molecule has 0 saturated carbocycles. The minimum atomic E-state index is -1.07. The van der Waals surface area contributed by atoms with Gasteiger partial charge in [0.25, 0.3) is 0 Å². The van der Waals surface area contributed by atoms with Gasteiger partial charge in [0.1, 0.15) is 0 Å². The number of amides is 2. The summed E-state index contributed by atoms with van der Waals surface area (Å²) in [5.74, 6) is 0. The van der Waals surface area contributed by atoms with Gasteiger partial charge in [0.15, 0.2) is 0 Å². The Labute approximate surface area is 125 Å². The minimum absolute atomic E-state index is 0.544. The number of hydrogen-bond acceptors (Lipinski definition) is 2. The highest BCUT2D eigenvalue weighted by Crippen LogP contribution is 2.36. The molecule has 21 heavy (non-hydrogen) atoms. The zero-order valence-corrected chi connectivity index (χ0v) is 12.3. The van der Waals surface area contributed by atoms with Crippen LogP contribution < -0.4 is 10.6 Å². The first-order valence-corrected chi connectivity index (χ1v) is 7.98. The number of fused-ring (bicyclic) bond motifs is 2. The van der Waals surface area contributed by atoms with Crippen LogP contribution in [0.1, 0.15) is 11.1 Å². The van der Waals surface area contributed by atoms with Gasteiger partial charge in [-0.05, 0) is 35.4 Å². The summed E-state index contributed by atoms with van der Waals surface area (Å²) in [5, 5.41) is 0. The lowest BCUT2D eigenvalue weighted by molar-refractivity contribution is 0.256. The lowest BCUT2D eigenvalue weighted by Gasteiger charge is -2.23. The van der Waals surface area contributed by atoms with Gasteiger partial charge in [0.2, 0.25) is 0 Å². The van der Waals surface area contributed by atoms with E-state index in [0.29, 0.717) is 10.6 Å². The topological polar surface area (TPSA) is 63.4 Å². The molecule has 0 aliphatic carbocycles. The van der Waals surface area contributed by atoms with Crippen molar-refractivity contribution in [2.45, 2.75) is 4.90 Å². The third-order valence-electron chi connectivity index (χ3n) is 3.41. The fourth-order valence-corrected chi connectivity index (χ4v) is 2.98. The number of rotatable bonds is 1. The molecule has 0 fully saturated rings. The highest BCUT2D eigenvalue weighted by molar-refractivity contribution is 7.84. The fourth-order valence-electron chi connectivity index (χ4n) is 2.43. The highest BCUT2D eigenvalue weighted by Gasteiger charge is 2.22. The second-order valence-electron chi connectivity index (χ2n) is 4.74. The first-order valence-electron chi connectivity index (χ1n) is 6.42. The summed E-state index contributed by atoms with van der Waals surface area (Å²) in [7, 11) is -1.07. The molecule has 2 aromatic carbocycles. The molecule has 106 valence electrons.